The number of thioether (sulfide) groups is 1. The van der Waals surface area contributed by atoms with E-state index in [-0.39, 0.29) is 30.3 Å². The highest BCUT2D eigenvalue weighted by molar-refractivity contribution is 8.00. The predicted molar refractivity (Wildman–Crippen MR) is 116 cm³/mol. The lowest BCUT2D eigenvalue weighted by Crippen LogP contribution is -2.34. The highest BCUT2D eigenvalue weighted by Crippen LogP contribution is 2.29. The van der Waals surface area contributed by atoms with E-state index in [1.165, 1.54) is 28.3 Å². The molecule has 1 aliphatic carbocycles. The minimum Gasteiger partial charge on any atom is -0.455 e. The number of rotatable bonds is 6. The molecule has 1 N–H and O–H groups in total. The topological polar surface area (TPSA) is 55.4 Å². The average Bonchev–Trinajstić information content (AvgIpc) is 2.76. The highest BCUT2D eigenvalue weighted by atomic mass is 32.2. The van der Waals surface area contributed by atoms with Gasteiger partial charge in [-0.1, -0.05) is 54.6 Å². The number of carbonyl (C=O) groups is 2. The Kier molecular flexibility index (Phi) is 6.15. The molecule has 0 saturated carbocycles. The Balaban J connectivity index is 1.24. The summed E-state index contributed by atoms with van der Waals surface area (Å²) in [6.45, 7) is -0.240. The summed E-state index contributed by atoms with van der Waals surface area (Å²) >= 11 is 1.42. The molecule has 1 amide bonds. The number of carbonyl (C=O) groups excluding carboxylic acids is 2. The van der Waals surface area contributed by atoms with Crippen LogP contribution in [0.4, 0.5) is 0 Å². The molecule has 0 aliphatic heterocycles. The number of benzene rings is 3. The maximum Gasteiger partial charge on any atom is 0.316 e. The first-order valence-corrected chi connectivity index (χ1v) is 10.8. The van der Waals surface area contributed by atoms with Gasteiger partial charge in [-0.05, 0) is 53.3 Å². The van der Waals surface area contributed by atoms with E-state index < -0.39 is 0 Å². The average molecular weight is 406 g/mol. The SMILES string of the molecule is O=C(COC(=O)CSc1ccc2ccccc2c1)N[C@H]1CCCc2ccccc21. The van der Waals surface area contributed by atoms with Crippen molar-refractivity contribution in [1.29, 1.82) is 0 Å². The van der Waals surface area contributed by atoms with Crippen molar-refractivity contribution >= 4 is 34.4 Å². The number of hydrogen-bond donors (Lipinski definition) is 1. The Morgan fingerprint density at radius 2 is 1.79 bits per heavy atom. The second-order valence-corrected chi connectivity index (χ2v) is 8.22. The lowest BCUT2D eigenvalue weighted by atomic mass is 9.88. The Hall–Kier alpha value is -2.79. The zero-order valence-corrected chi connectivity index (χ0v) is 16.9. The van der Waals surface area contributed by atoms with Gasteiger partial charge < -0.3 is 10.1 Å². The number of amides is 1. The molecule has 3 aromatic rings. The first-order chi connectivity index (χ1) is 14.2. The molecule has 0 unspecified atom stereocenters. The summed E-state index contributed by atoms with van der Waals surface area (Å²) in [4.78, 5) is 25.3. The molecule has 4 rings (SSSR count). The van der Waals surface area contributed by atoms with Crippen molar-refractivity contribution in [2.24, 2.45) is 0 Å². The third kappa shape index (κ3) is 4.98. The van der Waals surface area contributed by atoms with Crippen LogP contribution in [0, 0.1) is 0 Å². The molecule has 1 atom stereocenters. The van der Waals surface area contributed by atoms with Gasteiger partial charge in [0.2, 0.25) is 0 Å². The summed E-state index contributed by atoms with van der Waals surface area (Å²) in [5.41, 5.74) is 2.46. The fraction of sp³-hybridized carbons (Fsp3) is 0.250. The van der Waals surface area contributed by atoms with Crippen LogP contribution in [0.2, 0.25) is 0 Å². The standard InChI is InChI=1S/C24H23NO3S/c26-23(25-22-11-5-9-18-7-3-4-10-21(18)22)15-28-24(27)16-29-20-13-12-17-6-1-2-8-19(17)14-20/h1-4,6-8,10,12-14,22H,5,9,11,15-16H2,(H,25,26)/t22-/m0/s1. The predicted octanol–water partition coefficient (Wildman–Crippen LogP) is 4.67. The third-order valence-electron chi connectivity index (χ3n) is 5.15. The van der Waals surface area contributed by atoms with Crippen LogP contribution in [0.5, 0.6) is 0 Å². The van der Waals surface area contributed by atoms with Crippen LogP contribution in [0.25, 0.3) is 10.8 Å². The quantitative estimate of drug-likeness (QED) is 0.478. The van der Waals surface area contributed by atoms with Crippen LogP contribution < -0.4 is 5.32 Å². The Morgan fingerprint density at radius 1 is 1.00 bits per heavy atom. The largest absolute Gasteiger partial charge is 0.455 e. The molecule has 0 heterocycles. The number of nitrogens with one attached hydrogen (secondary N) is 1. The Bertz CT molecular complexity index is 1030. The second-order valence-electron chi connectivity index (χ2n) is 7.17. The molecule has 1 aliphatic rings. The number of fused-ring (bicyclic) bond motifs is 2. The van der Waals surface area contributed by atoms with Gasteiger partial charge in [-0.15, -0.1) is 11.8 Å². The van der Waals surface area contributed by atoms with Crippen LogP contribution in [0.3, 0.4) is 0 Å². The van der Waals surface area contributed by atoms with Gasteiger partial charge in [0.1, 0.15) is 0 Å². The van der Waals surface area contributed by atoms with Crippen molar-refractivity contribution in [1.82, 2.24) is 5.32 Å². The number of aryl methyl sites for hydroxylation is 1. The summed E-state index contributed by atoms with van der Waals surface area (Å²) in [6, 6.07) is 22.4. The first kappa shape index (κ1) is 19.5. The smallest absolute Gasteiger partial charge is 0.316 e. The van der Waals surface area contributed by atoms with E-state index in [2.05, 4.69) is 29.6 Å². The van der Waals surface area contributed by atoms with E-state index in [0.717, 1.165) is 29.5 Å². The monoisotopic (exact) mass is 405 g/mol. The van der Waals surface area contributed by atoms with Crippen LogP contribution in [-0.4, -0.2) is 24.2 Å². The van der Waals surface area contributed by atoms with Crippen molar-refractivity contribution in [2.75, 3.05) is 12.4 Å². The van der Waals surface area contributed by atoms with Crippen LogP contribution in [-0.2, 0) is 20.7 Å². The summed E-state index contributed by atoms with van der Waals surface area (Å²) in [6.07, 6.45) is 3.00. The van der Waals surface area contributed by atoms with Gasteiger partial charge in [0.05, 0.1) is 11.8 Å². The van der Waals surface area contributed by atoms with E-state index >= 15 is 0 Å². The van der Waals surface area contributed by atoms with E-state index in [1.807, 2.05) is 42.5 Å². The van der Waals surface area contributed by atoms with Crippen molar-refractivity contribution in [3.05, 3.63) is 77.9 Å². The summed E-state index contributed by atoms with van der Waals surface area (Å²) in [5, 5.41) is 5.31. The highest BCUT2D eigenvalue weighted by Gasteiger charge is 2.21. The second kappa shape index (κ2) is 9.14. The van der Waals surface area contributed by atoms with Crippen LogP contribution >= 0.6 is 11.8 Å². The van der Waals surface area contributed by atoms with Crippen LogP contribution in [0.1, 0.15) is 30.0 Å². The van der Waals surface area contributed by atoms with E-state index in [9.17, 15) is 9.59 Å². The lowest BCUT2D eigenvalue weighted by molar-refractivity contribution is -0.146. The number of esters is 1. The number of ether oxygens (including phenoxy) is 1. The van der Waals surface area contributed by atoms with Gasteiger partial charge in [-0.2, -0.15) is 0 Å². The molecule has 5 heteroatoms. The lowest BCUT2D eigenvalue weighted by Gasteiger charge is -2.26. The third-order valence-corrected chi connectivity index (χ3v) is 6.11. The van der Waals surface area contributed by atoms with Gasteiger partial charge in [0.15, 0.2) is 6.61 Å². The number of hydrogen-bond acceptors (Lipinski definition) is 4. The first-order valence-electron chi connectivity index (χ1n) is 9.83. The van der Waals surface area contributed by atoms with Crippen molar-refractivity contribution in [3.63, 3.8) is 0 Å². The molecule has 0 bridgehead atoms. The Morgan fingerprint density at radius 3 is 2.69 bits per heavy atom. The van der Waals surface area contributed by atoms with Crippen molar-refractivity contribution in [3.8, 4) is 0 Å². The molecule has 3 aromatic carbocycles. The summed E-state index contributed by atoms with van der Waals surface area (Å²) in [5.74, 6) is -0.462. The molecule has 0 aromatic heterocycles. The van der Waals surface area contributed by atoms with Gasteiger partial charge in [0, 0.05) is 4.90 Å². The normalized spacial score (nSPS) is 15.5. The van der Waals surface area contributed by atoms with E-state index in [1.54, 1.807) is 0 Å². The van der Waals surface area contributed by atoms with Crippen molar-refractivity contribution in [2.45, 2.75) is 30.2 Å². The minimum atomic E-state index is -0.387. The molecular formula is C24H23NO3S. The fourth-order valence-electron chi connectivity index (χ4n) is 3.73. The molecule has 0 saturated heterocycles. The molecule has 0 spiro atoms. The zero-order valence-electron chi connectivity index (χ0n) is 16.1. The fourth-order valence-corrected chi connectivity index (χ4v) is 4.47. The molecule has 0 fully saturated rings. The molecule has 4 nitrogen and oxygen atoms in total. The summed E-state index contributed by atoms with van der Waals surface area (Å²) in [7, 11) is 0. The van der Waals surface area contributed by atoms with E-state index in [4.69, 9.17) is 4.74 Å². The molecular weight excluding hydrogens is 382 g/mol. The van der Waals surface area contributed by atoms with Gasteiger partial charge >= 0.3 is 5.97 Å². The summed E-state index contributed by atoms with van der Waals surface area (Å²) < 4.78 is 5.17. The molecule has 0 radical (unpaired) electrons. The van der Waals surface area contributed by atoms with Crippen LogP contribution in [0.15, 0.2) is 71.6 Å². The van der Waals surface area contributed by atoms with Gasteiger partial charge in [-0.25, -0.2) is 0 Å². The minimum absolute atomic E-state index is 0.00173. The maximum atomic E-state index is 12.3. The van der Waals surface area contributed by atoms with Crippen molar-refractivity contribution < 1.29 is 14.3 Å². The molecule has 29 heavy (non-hydrogen) atoms. The molecule has 148 valence electrons. The van der Waals surface area contributed by atoms with E-state index in [0.29, 0.717) is 0 Å². The Labute approximate surface area is 174 Å². The zero-order chi connectivity index (χ0) is 20.1. The van der Waals surface area contributed by atoms with Gasteiger partial charge in [-0.3, -0.25) is 9.59 Å². The van der Waals surface area contributed by atoms with Gasteiger partial charge in [0.25, 0.3) is 5.91 Å². The maximum absolute atomic E-state index is 12.3.